The summed E-state index contributed by atoms with van der Waals surface area (Å²) in [4.78, 5) is 11.7. The van der Waals surface area contributed by atoms with Crippen LogP contribution in [0, 0.1) is 13.8 Å². The lowest BCUT2D eigenvalue weighted by molar-refractivity contribution is 0.392. The fourth-order valence-electron chi connectivity index (χ4n) is 1.98. The summed E-state index contributed by atoms with van der Waals surface area (Å²) in [6.45, 7) is 4.61. The van der Waals surface area contributed by atoms with Gasteiger partial charge in [0.15, 0.2) is 0 Å². The van der Waals surface area contributed by atoms with Gasteiger partial charge in [-0.2, -0.15) is 5.10 Å². The summed E-state index contributed by atoms with van der Waals surface area (Å²) in [6, 6.07) is 0. The van der Waals surface area contributed by atoms with Crippen LogP contribution in [-0.2, 0) is 13.5 Å². The zero-order chi connectivity index (χ0) is 14.7. The zero-order valence-corrected chi connectivity index (χ0v) is 13.3. The normalized spacial score (nSPS) is 10.8. The molecule has 2 aromatic rings. The summed E-state index contributed by atoms with van der Waals surface area (Å²) < 4.78 is 6.92. The van der Waals surface area contributed by atoms with Crippen LogP contribution in [0.3, 0.4) is 0 Å². The maximum atomic E-state index is 11.7. The number of aromatic nitrogens is 3. The number of nitrogens with zero attached hydrogens (tertiary/aromatic N) is 3. The molecule has 0 aromatic carbocycles. The molecule has 0 bridgehead atoms. The second kappa shape index (κ2) is 6.21. The summed E-state index contributed by atoms with van der Waals surface area (Å²) in [5.41, 5.74) is 2.67. The Balaban J connectivity index is 1.91. The Hall–Kier alpha value is -1.63. The molecular formula is C13H17BrN4O2. The van der Waals surface area contributed by atoms with Crippen LogP contribution in [0.4, 0.5) is 5.69 Å². The molecule has 2 aromatic heterocycles. The molecule has 0 unspecified atom stereocenters. The third-order valence-electron chi connectivity index (χ3n) is 3.18. The third kappa shape index (κ3) is 3.09. The Labute approximate surface area is 125 Å². The van der Waals surface area contributed by atoms with Gasteiger partial charge in [-0.25, -0.2) is 4.68 Å². The highest BCUT2D eigenvalue weighted by molar-refractivity contribution is 9.10. The first kappa shape index (κ1) is 14.8. The van der Waals surface area contributed by atoms with E-state index in [0.717, 1.165) is 36.4 Å². The van der Waals surface area contributed by atoms with E-state index in [1.54, 1.807) is 13.2 Å². The van der Waals surface area contributed by atoms with Gasteiger partial charge < -0.3 is 9.84 Å². The van der Waals surface area contributed by atoms with E-state index in [2.05, 4.69) is 31.5 Å². The molecule has 0 fully saturated rings. The van der Waals surface area contributed by atoms with Crippen molar-refractivity contribution in [2.75, 3.05) is 11.9 Å². The van der Waals surface area contributed by atoms with Crippen LogP contribution in [0.2, 0.25) is 0 Å². The van der Waals surface area contributed by atoms with Gasteiger partial charge in [-0.3, -0.25) is 4.79 Å². The quantitative estimate of drug-likeness (QED) is 0.844. The van der Waals surface area contributed by atoms with Crippen molar-refractivity contribution in [3.8, 4) is 0 Å². The van der Waals surface area contributed by atoms with E-state index in [9.17, 15) is 4.79 Å². The van der Waals surface area contributed by atoms with Crippen LogP contribution in [0.1, 0.15) is 23.4 Å². The van der Waals surface area contributed by atoms with Crippen molar-refractivity contribution in [2.45, 2.75) is 26.7 Å². The van der Waals surface area contributed by atoms with Crippen molar-refractivity contribution in [2.24, 2.45) is 7.05 Å². The molecule has 0 aliphatic carbocycles. The highest BCUT2D eigenvalue weighted by atomic mass is 79.9. The zero-order valence-electron chi connectivity index (χ0n) is 11.7. The van der Waals surface area contributed by atoms with Gasteiger partial charge in [-0.15, -0.1) is 0 Å². The van der Waals surface area contributed by atoms with Crippen LogP contribution in [0.15, 0.2) is 20.0 Å². The standard InChI is InChI=1S/C13H17BrN4O2/c1-8-10(9(2)20-17-8)5-4-6-15-11-7-16-18(3)13(19)12(11)14/h7,15H,4-6H2,1-3H3. The number of rotatable bonds is 5. The first-order chi connectivity index (χ1) is 9.50. The van der Waals surface area contributed by atoms with Crippen LogP contribution in [0.5, 0.6) is 0 Å². The average molecular weight is 341 g/mol. The van der Waals surface area contributed by atoms with E-state index in [1.165, 1.54) is 4.68 Å². The monoisotopic (exact) mass is 340 g/mol. The molecule has 0 radical (unpaired) electrons. The van der Waals surface area contributed by atoms with Gasteiger partial charge >= 0.3 is 0 Å². The van der Waals surface area contributed by atoms with Crippen LogP contribution < -0.4 is 10.9 Å². The molecule has 0 aliphatic heterocycles. The molecule has 0 amide bonds. The van der Waals surface area contributed by atoms with Crippen molar-refractivity contribution >= 4 is 21.6 Å². The Morgan fingerprint density at radius 3 is 2.85 bits per heavy atom. The fourth-order valence-corrected chi connectivity index (χ4v) is 2.48. The minimum absolute atomic E-state index is 0.152. The second-order valence-electron chi connectivity index (χ2n) is 4.63. The molecule has 2 rings (SSSR count). The predicted octanol–water partition coefficient (Wildman–Crippen LogP) is 2.19. The van der Waals surface area contributed by atoms with Gasteiger partial charge in [0.25, 0.3) is 5.56 Å². The smallest absolute Gasteiger partial charge is 0.282 e. The molecule has 2 heterocycles. The maximum absolute atomic E-state index is 11.7. The number of nitrogens with one attached hydrogen (secondary N) is 1. The van der Waals surface area contributed by atoms with Crippen LogP contribution in [0.25, 0.3) is 0 Å². The lowest BCUT2D eigenvalue weighted by Crippen LogP contribution is -2.21. The molecule has 0 atom stereocenters. The summed E-state index contributed by atoms with van der Waals surface area (Å²) in [5, 5.41) is 11.1. The molecule has 0 saturated carbocycles. The number of halogens is 1. The van der Waals surface area contributed by atoms with Gasteiger partial charge in [-0.05, 0) is 42.6 Å². The molecule has 108 valence electrons. The van der Waals surface area contributed by atoms with Gasteiger partial charge in [0.1, 0.15) is 10.2 Å². The minimum Gasteiger partial charge on any atom is -0.383 e. The Bertz CT molecular complexity index is 643. The summed E-state index contributed by atoms with van der Waals surface area (Å²) in [7, 11) is 1.62. The predicted molar refractivity (Wildman–Crippen MR) is 80.0 cm³/mol. The van der Waals surface area contributed by atoms with Gasteiger partial charge in [0.05, 0.1) is 17.6 Å². The average Bonchev–Trinajstić information content (AvgIpc) is 2.74. The number of hydrogen-bond donors (Lipinski definition) is 1. The molecule has 1 N–H and O–H groups in total. The van der Waals surface area contributed by atoms with Gasteiger partial charge in [0.2, 0.25) is 0 Å². The molecule has 7 heteroatoms. The van der Waals surface area contributed by atoms with Crippen molar-refractivity contribution in [3.63, 3.8) is 0 Å². The molecular weight excluding hydrogens is 324 g/mol. The number of aryl methyl sites for hydroxylation is 3. The molecule has 0 spiro atoms. The minimum atomic E-state index is -0.152. The Morgan fingerprint density at radius 1 is 1.45 bits per heavy atom. The summed E-state index contributed by atoms with van der Waals surface area (Å²) >= 11 is 3.28. The second-order valence-corrected chi connectivity index (χ2v) is 5.43. The highest BCUT2D eigenvalue weighted by Crippen LogP contribution is 2.17. The van der Waals surface area contributed by atoms with E-state index in [-0.39, 0.29) is 5.56 Å². The highest BCUT2D eigenvalue weighted by Gasteiger charge is 2.09. The molecule has 0 saturated heterocycles. The molecule has 0 aliphatic rings. The van der Waals surface area contributed by atoms with Crippen molar-refractivity contribution in [1.82, 2.24) is 14.9 Å². The van der Waals surface area contributed by atoms with E-state index >= 15 is 0 Å². The van der Waals surface area contributed by atoms with E-state index in [4.69, 9.17) is 4.52 Å². The Morgan fingerprint density at radius 2 is 2.20 bits per heavy atom. The lowest BCUT2D eigenvalue weighted by Gasteiger charge is -2.08. The van der Waals surface area contributed by atoms with Gasteiger partial charge in [0, 0.05) is 19.2 Å². The van der Waals surface area contributed by atoms with Gasteiger partial charge in [-0.1, -0.05) is 5.16 Å². The van der Waals surface area contributed by atoms with Crippen LogP contribution >= 0.6 is 15.9 Å². The Kier molecular flexibility index (Phi) is 4.59. The van der Waals surface area contributed by atoms with Crippen molar-refractivity contribution in [1.29, 1.82) is 0 Å². The van der Waals surface area contributed by atoms with E-state index in [0.29, 0.717) is 10.2 Å². The lowest BCUT2D eigenvalue weighted by atomic mass is 10.1. The number of anilines is 1. The maximum Gasteiger partial charge on any atom is 0.282 e. The van der Waals surface area contributed by atoms with Crippen molar-refractivity contribution in [3.05, 3.63) is 38.0 Å². The van der Waals surface area contributed by atoms with Crippen molar-refractivity contribution < 1.29 is 4.52 Å². The molecule has 6 nitrogen and oxygen atoms in total. The topological polar surface area (TPSA) is 73.0 Å². The molecule has 20 heavy (non-hydrogen) atoms. The van der Waals surface area contributed by atoms with Crippen LogP contribution in [-0.4, -0.2) is 21.5 Å². The number of hydrogen-bond acceptors (Lipinski definition) is 5. The SMILES string of the molecule is Cc1noc(C)c1CCCNc1cnn(C)c(=O)c1Br. The first-order valence-electron chi connectivity index (χ1n) is 6.38. The van der Waals surface area contributed by atoms with E-state index in [1.807, 2.05) is 13.8 Å². The third-order valence-corrected chi connectivity index (χ3v) is 3.94. The van der Waals surface area contributed by atoms with E-state index < -0.39 is 0 Å². The largest absolute Gasteiger partial charge is 0.383 e. The first-order valence-corrected chi connectivity index (χ1v) is 7.17. The summed E-state index contributed by atoms with van der Waals surface area (Å²) in [5.74, 6) is 0.874. The fraction of sp³-hybridized carbons (Fsp3) is 0.462. The summed E-state index contributed by atoms with van der Waals surface area (Å²) in [6.07, 6.45) is 3.45.